The van der Waals surface area contributed by atoms with Gasteiger partial charge in [0.05, 0.1) is 0 Å². The molecule has 0 aliphatic heterocycles. The lowest BCUT2D eigenvalue weighted by molar-refractivity contribution is 0.245. The van der Waals surface area contributed by atoms with Crippen LogP contribution in [0.3, 0.4) is 0 Å². The van der Waals surface area contributed by atoms with Crippen LogP contribution in [0.5, 0.6) is 0 Å². The van der Waals surface area contributed by atoms with E-state index >= 15 is 0 Å². The van der Waals surface area contributed by atoms with Crippen molar-refractivity contribution in [2.45, 2.75) is 25.7 Å². The quantitative estimate of drug-likeness (QED) is 0.520. The third kappa shape index (κ3) is 1.14. The summed E-state index contributed by atoms with van der Waals surface area (Å²) in [6, 6.07) is 0. The third-order valence-corrected chi connectivity index (χ3v) is 4.80. The van der Waals surface area contributed by atoms with Crippen molar-refractivity contribution >= 4 is 0 Å². The van der Waals surface area contributed by atoms with Crippen molar-refractivity contribution in [1.29, 1.82) is 0 Å². The van der Waals surface area contributed by atoms with Gasteiger partial charge in [0.2, 0.25) is 0 Å². The van der Waals surface area contributed by atoms with E-state index < -0.39 is 0 Å². The minimum Gasteiger partial charge on any atom is -0.0879 e. The highest BCUT2D eigenvalue weighted by Gasteiger charge is 2.45. The Balaban J connectivity index is 1.71. The Bertz CT molecular complexity index is 371. The van der Waals surface area contributed by atoms with Crippen LogP contribution in [-0.2, 0) is 0 Å². The Kier molecular flexibility index (Phi) is 1.60. The lowest BCUT2D eigenvalue weighted by Gasteiger charge is -2.33. The van der Waals surface area contributed by atoms with Crippen LogP contribution in [0.2, 0.25) is 0 Å². The fourth-order valence-electron chi connectivity index (χ4n) is 3.96. The zero-order valence-electron chi connectivity index (χ0n) is 9.02. The number of fused-ring (bicyclic) bond motifs is 5. The van der Waals surface area contributed by atoms with Crippen molar-refractivity contribution in [2.75, 3.05) is 0 Å². The Morgan fingerprint density at radius 1 is 1.07 bits per heavy atom. The number of hydrogen-bond donors (Lipinski definition) is 0. The molecule has 4 unspecified atom stereocenters. The Morgan fingerprint density at radius 3 is 2.87 bits per heavy atom. The number of hydrogen-bond acceptors (Lipinski definition) is 0. The second-order valence-electron chi connectivity index (χ2n) is 5.52. The van der Waals surface area contributed by atoms with Crippen LogP contribution in [0.25, 0.3) is 0 Å². The van der Waals surface area contributed by atoms with E-state index in [0.29, 0.717) is 0 Å². The fourth-order valence-corrected chi connectivity index (χ4v) is 3.96. The first kappa shape index (κ1) is 8.38. The van der Waals surface area contributed by atoms with Gasteiger partial charge in [-0.3, -0.25) is 0 Å². The Morgan fingerprint density at radius 2 is 1.93 bits per heavy atom. The predicted molar refractivity (Wildman–Crippen MR) is 62.0 cm³/mol. The lowest BCUT2D eigenvalue weighted by Crippen LogP contribution is -2.26. The van der Waals surface area contributed by atoms with E-state index in [9.17, 15) is 0 Å². The minimum absolute atomic E-state index is 0.784. The van der Waals surface area contributed by atoms with Gasteiger partial charge in [0, 0.05) is 11.8 Å². The van der Waals surface area contributed by atoms with E-state index in [1.807, 2.05) is 0 Å². The molecule has 0 N–H and O–H groups in total. The van der Waals surface area contributed by atoms with Crippen LogP contribution in [0.15, 0.2) is 36.0 Å². The van der Waals surface area contributed by atoms with Crippen molar-refractivity contribution in [3.8, 4) is 0 Å². The zero-order valence-corrected chi connectivity index (χ0v) is 9.02. The van der Waals surface area contributed by atoms with Gasteiger partial charge < -0.3 is 0 Å². The molecule has 15 heavy (non-hydrogen) atoms. The second kappa shape index (κ2) is 2.87. The van der Waals surface area contributed by atoms with Crippen LogP contribution >= 0.6 is 0 Å². The summed E-state index contributed by atoms with van der Waals surface area (Å²) in [5.74, 6) is 5.20. The molecule has 0 saturated heterocycles. The highest BCUT2D eigenvalue weighted by Crippen LogP contribution is 2.56. The molecular formula is C15H17. The molecule has 1 fully saturated rings. The van der Waals surface area contributed by atoms with Gasteiger partial charge in [-0.05, 0) is 43.4 Å². The monoisotopic (exact) mass is 197 g/mol. The predicted octanol–water partition coefficient (Wildman–Crippen LogP) is 3.68. The van der Waals surface area contributed by atoms with Gasteiger partial charge in [-0.2, -0.15) is 0 Å². The van der Waals surface area contributed by atoms with E-state index in [1.165, 1.54) is 25.7 Å². The summed E-state index contributed by atoms with van der Waals surface area (Å²) in [6.45, 7) is 0. The maximum Gasteiger partial charge on any atom is 0.0229 e. The average molecular weight is 197 g/mol. The summed E-state index contributed by atoms with van der Waals surface area (Å²) in [5, 5.41) is 0. The molecule has 4 aliphatic rings. The molecule has 77 valence electrons. The largest absolute Gasteiger partial charge is 0.0879 e. The maximum atomic E-state index is 2.52. The zero-order chi connectivity index (χ0) is 9.83. The first-order valence-corrected chi connectivity index (χ1v) is 6.34. The molecule has 0 amide bonds. The van der Waals surface area contributed by atoms with Crippen molar-refractivity contribution in [2.24, 2.45) is 23.7 Å². The van der Waals surface area contributed by atoms with Crippen molar-refractivity contribution < 1.29 is 0 Å². The molecule has 1 saturated carbocycles. The van der Waals surface area contributed by atoms with Crippen LogP contribution in [-0.4, -0.2) is 0 Å². The summed E-state index contributed by atoms with van der Waals surface area (Å²) < 4.78 is 0. The summed E-state index contributed by atoms with van der Waals surface area (Å²) >= 11 is 0. The molecule has 0 nitrogen and oxygen atoms in total. The molecule has 4 aliphatic carbocycles. The van der Waals surface area contributed by atoms with E-state index in [1.54, 1.807) is 11.5 Å². The molecule has 0 heteroatoms. The first-order chi connectivity index (χ1) is 7.43. The number of allylic oxidation sites excluding steroid dienone is 6. The highest BCUT2D eigenvalue weighted by molar-refractivity contribution is 5.55. The topological polar surface area (TPSA) is 0 Å². The lowest BCUT2D eigenvalue weighted by atomic mass is 9.70. The summed E-state index contributed by atoms with van der Waals surface area (Å²) in [6.07, 6.45) is 17.8. The molecule has 0 aromatic rings. The van der Waals surface area contributed by atoms with Crippen molar-refractivity contribution in [3.05, 3.63) is 41.9 Å². The van der Waals surface area contributed by atoms with Crippen LogP contribution < -0.4 is 0 Å². The van der Waals surface area contributed by atoms with Gasteiger partial charge in [-0.1, -0.05) is 36.0 Å². The molecule has 4 rings (SSSR count). The van der Waals surface area contributed by atoms with Gasteiger partial charge in [0.15, 0.2) is 0 Å². The molecule has 0 aromatic heterocycles. The standard InChI is InChI=1S/C15H17/c1-3-10-4-2-6-13-14(12(10)5-1)8-7-11-9-15(11)13/h1-2,5-6,9-10,12-14H,3-4,7-8H2. The molecule has 0 bridgehead atoms. The fraction of sp³-hybridized carbons (Fsp3) is 0.533. The second-order valence-corrected chi connectivity index (χ2v) is 5.52. The van der Waals surface area contributed by atoms with Crippen molar-refractivity contribution in [3.63, 3.8) is 0 Å². The first-order valence-electron chi connectivity index (χ1n) is 6.34. The number of rotatable bonds is 0. The Labute approximate surface area is 91.8 Å². The van der Waals surface area contributed by atoms with Crippen LogP contribution in [0.1, 0.15) is 25.7 Å². The van der Waals surface area contributed by atoms with Gasteiger partial charge >= 0.3 is 0 Å². The van der Waals surface area contributed by atoms with Crippen LogP contribution in [0.4, 0.5) is 0 Å². The van der Waals surface area contributed by atoms with E-state index in [2.05, 4.69) is 30.4 Å². The molecule has 1 radical (unpaired) electrons. The molecule has 0 heterocycles. The van der Waals surface area contributed by atoms with E-state index in [0.717, 1.165) is 23.7 Å². The average Bonchev–Trinajstić information content (AvgIpc) is 2.94. The van der Waals surface area contributed by atoms with Gasteiger partial charge in [-0.25, -0.2) is 0 Å². The van der Waals surface area contributed by atoms with Gasteiger partial charge in [-0.15, -0.1) is 0 Å². The highest BCUT2D eigenvalue weighted by atomic mass is 14.5. The smallest absolute Gasteiger partial charge is 0.0229 e. The van der Waals surface area contributed by atoms with Gasteiger partial charge in [0.1, 0.15) is 0 Å². The molecule has 0 aromatic carbocycles. The van der Waals surface area contributed by atoms with E-state index in [4.69, 9.17) is 0 Å². The SMILES string of the molecule is C1=CC2C3=C[C]3CCC2C2C=CCC2C1. The molecular weight excluding hydrogens is 180 g/mol. The molecule has 0 spiro atoms. The minimum atomic E-state index is 0.784. The summed E-state index contributed by atoms with van der Waals surface area (Å²) in [4.78, 5) is 0. The van der Waals surface area contributed by atoms with Crippen LogP contribution in [0, 0.1) is 29.6 Å². The third-order valence-electron chi connectivity index (χ3n) is 4.80. The summed E-state index contributed by atoms with van der Waals surface area (Å²) in [5.41, 5.74) is 1.70. The maximum absolute atomic E-state index is 2.52. The van der Waals surface area contributed by atoms with Gasteiger partial charge in [0.25, 0.3) is 0 Å². The Hall–Kier alpha value is -0.780. The normalized spacial score (nSPS) is 46.5. The van der Waals surface area contributed by atoms with Crippen molar-refractivity contribution in [1.82, 2.24) is 0 Å². The van der Waals surface area contributed by atoms with E-state index in [-0.39, 0.29) is 0 Å². The summed E-state index contributed by atoms with van der Waals surface area (Å²) in [7, 11) is 0. The molecule has 4 atom stereocenters.